The van der Waals surface area contributed by atoms with Gasteiger partial charge in [-0.1, -0.05) is 28.8 Å². The molecule has 9 heteroatoms. The highest BCUT2D eigenvalue weighted by Gasteiger charge is 2.39. The topological polar surface area (TPSA) is 94.4 Å². The lowest BCUT2D eigenvalue weighted by Gasteiger charge is -2.14. The molecule has 0 saturated heterocycles. The summed E-state index contributed by atoms with van der Waals surface area (Å²) in [5.74, 6) is -2.33. The molecule has 0 N–H and O–H groups in total. The third kappa shape index (κ3) is 2.52. The van der Waals surface area contributed by atoms with Gasteiger partial charge in [-0.2, -0.15) is 5.10 Å². The van der Waals surface area contributed by atoms with E-state index in [9.17, 15) is 14.4 Å². The smallest absolute Gasteiger partial charge is 0.324 e. The van der Waals surface area contributed by atoms with Gasteiger partial charge in [0.1, 0.15) is 12.7 Å². The SMILES string of the molecule is O=C(ON1C(=O)c2ccccc2C1=O)c1cc(Cl)ccc1-n1cncn1. The van der Waals surface area contributed by atoms with Crippen LogP contribution in [0.15, 0.2) is 55.1 Å². The predicted molar refractivity (Wildman–Crippen MR) is 88.7 cm³/mol. The number of aromatic nitrogens is 3. The number of amides is 2. The Labute approximate surface area is 151 Å². The molecular weight excluding hydrogens is 360 g/mol. The molecule has 1 aliphatic heterocycles. The number of nitrogens with zero attached hydrogens (tertiary/aromatic N) is 4. The summed E-state index contributed by atoms with van der Waals surface area (Å²) in [6.07, 6.45) is 2.69. The second-order valence-electron chi connectivity index (χ2n) is 5.33. The maximum Gasteiger partial charge on any atom is 0.366 e. The van der Waals surface area contributed by atoms with Crippen LogP contribution in [0.2, 0.25) is 5.02 Å². The van der Waals surface area contributed by atoms with Gasteiger partial charge in [0.25, 0.3) is 11.8 Å². The number of hydrogen-bond acceptors (Lipinski definition) is 6. The van der Waals surface area contributed by atoms with Crippen LogP contribution in [0.5, 0.6) is 0 Å². The van der Waals surface area contributed by atoms with E-state index in [0.29, 0.717) is 10.8 Å². The summed E-state index contributed by atoms with van der Waals surface area (Å²) in [4.78, 5) is 46.2. The summed E-state index contributed by atoms with van der Waals surface area (Å²) >= 11 is 5.97. The van der Waals surface area contributed by atoms with Crippen molar-refractivity contribution in [2.24, 2.45) is 0 Å². The van der Waals surface area contributed by atoms with Gasteiger partial charge < -0.3 is 4.84 Å². The number of halogens is 1. The third-order valence-corrected chi connectivity index (χ3v) is 4.01. The van der Waals surface area contributed by atoms with Gasteiger partial charge in [-0.15, -0.1) is 0 Å². The molecule has 0 fully saturated rings. The fourth-order valence-electron chi connectivity index (χ4n) is 2.59. The molecule has 26 heavy (non-hydrogen) atoms. The summed E-state index contributed by atoms with van der Waals surface area (Å²) < 4.78 is 1.34. The molecular formula is C17H9ClN4O4. The van der Waals surface area contributed by atoms with E-state index in [-0.39, 0.29) is 21.7 Å². The highest BCUT2D eigenvalue weighted by molar-refractivity contribution is 6.31. The molecule has 0 radical (unpaired) electrons. The Morgan fingerprint density at radius 1 is 1.04 bits per heavy atom. The van der Waals surface area contributed by atoms with Crippen LogP contribution in [0, 0.1) is 0 Å². The number of carbonyl (C=O) groups is 3. The van der Waals surface area contributed by atoms with Crippen LogP contribution in [-0.2, 0) is 4.84 Å². The summed E-state index contributed by atoms with van der Waals surface area (Å²) in [7, 11) is 0. The maximum atomic E-state index is 12.6. The lowest BCUT2D eigenvalue weighted by Crippen LogP contribution is -2.33. The molecule has 2 amide bonds. The Hall–Kier alpha value is -3.52. The molecule has 1 aromatic heterocycles. The average Bonchev–Trinajstić information content (AvgIpc) is 3.26. The molecule has 0 saturated carbocycles. The molecule has 1 aliphatic rings. The molecule has 0 bridgehead atoms. The van der Waals surface area contributed by atoms with E-state index in [1.807, 2.05) is 0 Å². The van der Waals surface area contributed by atoms with Gasteiger partial charge in [0.05, 0.1) is 22.4 Å². The molecule has 4 rings (SSSR count). The number of imide groups is 1. The highest BCUT2D eigenvalue weighted by Crippen LogP contribution is 2.25. The quantitative estimate of drug-likeness (QED) is 0.658. The molecule has 2 heterocycles. The molecule has 8 nitrogen and oxygen atoms in total. The summed E-state index contributed by atoms with van der Waals surface area (Å²) in [5, 5.41) is 4.68. The molecule has 0 unspecified atom stereocenters. The summed E-state index contributed by atoms with van der Waals surface area (Å²) in [5.41, 5.74) is 0.717. The Morgan fingerprint density at radius 2 is 1.73 bits per heavy atom. The van der Waals surface area contributed by atoms with Crippen LogP contribution in [-0.4, -0.2) is 37.6 Å². The first-order valence-corrected chi connectivity index (χ1v) is 7.79. The Kier molecular flexibility index (Phi) is 3.74. The number of rotatable bonds is 3. The zero-order valence-electron chi connectivity index (χ0n) is 13.0. The predicted octanol–water partition coefficient (Wildman–Crippen LogP) is 2.29. The Bertz CT molecular complexity index is 1010. The van der Waals surface area contributed by atoms with Crippen molar-refractivity contribution in [2.75, 3.05) is 0 Å². The Balaban J connectivity index is 1.67. The van der Waals surface area contributed by atoms with Gasteiger partial charge in [-0.3, -0.25) is 9.59 Å². The molecule has 3 aromatic rings. The second kappa shape index (κ2) is 6.08. The van der Waals surface area contributed by atoms with E-state index in [0.717, 1.165) is 0 Å². The fourth-order valence-corrected chi connectivity index (χ4v) is 2.76. The van der Waals surface area contributed by atoms with E-state index in [1.165, 1.54) is 35.5 Å². The summed E-state index contributed by atoms with van der Waals surface area (Å²) in [6.45, 7) is 0. The zero-order valence-corrected chi connectivity index (χ0v) is 13.8. The maximum absolute atomic E-state index is 12.6. The van der Waals surface area contributed by atoms with Crippen LogP contribution in [0.3, 0.4) is 0 Å². The molecule has 0 atom stereocenters. The van der Waals surface area contributed by atoms with Crippen molar-refractivity contribution >= 4 is 29.4 Å². The molecule has 2 aromatic carbocycles. The van der Waals surface area contributed by atoms with Crippen molar-refractivity contribution in [1.82, 2.24) is 19.8 Å². The lowest BCUT2D eigenvalue weighted by molar-refractivity contribution is -0.0584. The van der Waals surface area contributed by atoms with E-state index < -0.39 is 17.8 Å². The first kappa shape index (κ1) is 16.0. The van der Waals surface area contributed by atoms with Crippen molar-refractivity contribution in [1.29, 1.82) is 0 Å². The third-order valence-electron chi connectivity index (χ3n) is 3.78. The van der Waals surface area contributed by atoms with Gasteiger partial charge in [-0.05, 0) is 30.3 Å². The van der Waals surface area contributed by atoms with E-state index >= 15 is 0 Å². The van der Waals surface area contributed by atoms with Crippen LogP contribution in [0.4, 0.5) is 0 Å². The zero-order chi connectivity index (χ0) is 18.3. The van der Waals surface area contributed by atoms with Crippen molar-refractivity contribution in [2.45, 2.75) is 0 Å². The second-order valence-corrected chi connectivity index (χ2v) is 5.77. The first-order chi connectivity index (χ1) is 12.6. The van der Waals surface area contributed by atoms with E-state index in [4.69, 9.17) is 16.4 Å². The monoisotopic (exact) mass is 368 g/mol. The minimum absolute atomic E-state index is 0.0274. The van der Waals surface area contributed by atoms with Crippen molar-refractivity contribution in [3.8, 4) is 5.69 Å². The molecule has 128 valence electrons. The highest BCUT2D eigenvalue weighted by atomic mass is 35.5. The van der Waals surface area contributed by atoms with Gasteiger partial charge >= 0.3 is 5.97 Å². The number of benzene rings is 2. The van der Waals surface area contributed by atoms with E-state index in [2.05, 4.69) is 10.1 Å². The first-order valence-electron chi connectivity index (χ1n) is 7.41. The van der Waals surface area contributed by atoms with Gasteiger partial charge in [0.15, 0.2) is 0 Å². The van der Waals surface area contributed by atoms with Crippen LogP contribution >= 0.6 is 11.6 Å². The largest absolute Gasteiger partial charge is 0.366 e. The summed E-state index contributed by atoms with van der Waals surface area (Å²) in [6, 6.07) is 10.7. The van der Waals surface area contributed by atoms with Crippen molar-refractivity contribution in [3.63, 3.8) is 0 Å². The number of hydroxylamine groups is 2. The van der Waals surface area contributed by atoms with Gasteiger partial charge in [0, 0.05) is 5.02 Å². The minimum Gasteiger partial charge on any atom is -0.324 e. The molecule has 0 aliphatic carbocycles. The van der Waals surface area contributed by atoms with Crippen molar-refractivity contribution < 1.29 is 19.2 Å². The normalized spacial score (nSPS) is 13.0. The van der Waals surface area contributed by atoms with Crippen molar-refractivity contribution in [3.05, 3.63) is 76.8 Å². The molecule has 0 spiro atoms. The number of fused-ring (bicyclic) bond motifs is 1. The Morgan fingerprint density at radius 3 is 2.35 bits per heavy atom. The average molecular weight is 369 g/mol. The standard InChI is InChI=1S/C17H9ClN4O4/c18-10-5-6-14(21-9-19-8-20-21)13(7-10)17(25)26-22-15(23)11-3-1-2-4-12(11)16(22)24/h1-9H. The van der Waals surface area contributed by atoms with E-state index in [1.54, 1.807) is 24.3 Å². The van der Waals surface area contributed by atoms with Gasteiger partial charge in [0.2, 0.25) is 0 Å². The fraction of sp³-hybridized carbons (Fsp3) is 0. The lowest BCUT2D eigenvalue weighted by atomic mass is 10.1. The van der Waals surface area contributed by atoms with Gasteiger partial charge in [-0.25, -0.2) is 14.5 Å². The van der Waals surface area contributed by atoms with Crippen LogP contribution in [0.1, 0.15) is 31.1 Å². The number of carbonyl (C=O) groups excluding carboxylic acids is 3. The van der Waals surface area contributed by atoms with Crippen LogP contribution in [0.25, 0.3) is 5.69 Å². The van der Waals surface area contributed by atoms with Crippen LogP contribution < -0.4 is 0 Å². The minimum atomic E-state index is -0.924. The number of hydrogen-bond donors (Lipinski definition) is 0.